The number of fused-ring (bicyclic) bond motifs is 1. The summed E-state index contributed by atoms with van der Waals surface area (Å²) in [4.78, 5) is -0.0638. The molecule has 2 aromatic rings. The lowest BCUT2D eigenvalue weighted by Crippen LogP contribution is -2.14. The van der Waals surface area contributed by atoms with Gasteiger partial charge in [-0.2, -0.15) is 0 Å². The second-order valence-electron chi connectivity index (χ2n) is 4.24. The third kappa shape index (κ3) is 2.74. The molecule has 0 aromatic heterocycles. The molecule has 1 aliphatic heterocycles. The Hall–Kier alpha value is -1.99. The molecule has 0 spiro atoms. The van der Waals surface area contributed by atoms with Crippen LogP contribution in [0.5, 0.6) is 11.5 Å². The summed E-state index contributed by atoms with van der Waals surface area (Å²) < 4.78 is 50.5. The molecule has 0 saturated heterocycles. The van der Waals surface area contributed by atoms with Gasteiger partial charge in [0.15, 0.2) is 11.5 Å². The first kappa shape index (κ1) is 14.0. The highest BCUT2D eigenvalue weighted by atomic mass is 35.5. The fraction of sp³-hybridized carbons (Fsp3) is 0.0769. The van der Waals surface area contributed by atoms with Crippen LogP contribution in [0.4, 0.5) is 10.1 Å². The molecule has 0 atom stereocenters. The summed E-state index contributed by atoms with van der Waals surface area (Å²) in [6.07, 6.45) is 0. The minimum absolute atomic E-state index is 0.0369. The van der Waals surface area contributed by atoms with Crippen molar-refractivity contribution >= 4 is 27.3 Å². The molecule has 0 saturated carbocycles. The predicted octanol–water partition coefficient (Wildman–Crippen LogP) is 3.01. The molecule has 1 aliphatic rings. The van der Waals surface area contributed by atoms with Crippen molar-refractivity contribution in [2.45, 2.75) is 4.90 Å². The molecular weight excluding hydrogens is 321 g/mol. The molecule has 5 nitrogen and oxygen atoms in total. The van der Waals surface area contributed by atoms with Crippen LogP contribution in [-0.2, 0) is 10.0 Å². The van der Waals surface area contributed by atoms with Crippen molar-refractivity contribution in [1.82, 2.24) is 0 Å². The second kappa shape index (κ2) is 5.09. The van der Waals surface area contributed by atoms with E-state index in [-0.39, 0.29) is 22.4 Å². The van der Waals surface area contributed by atoms with E-state index in [1.807, 2.05) is 0 Å². The van der Waals surface area contributed by atoms with Crippen molar-refractivity contribution < 1.29 is 22.3 Å². The molecule has 1 heterocycles. The third-order valence-corrected chi connectivity index (χ3v) is 4.43. The highest BCUT2D eigenvalue weighted by Crippen LogP contribution is 2.34. The van der Waals surface area contributed by atoms with Gasteiger partial charge in [-0.1, -0.05) is 11.6 Å². The van der Waals surface area contributed by atoms with Crippen LogP contribution in [0.2, 0.25) is 5.02 Å². The molecule has 21 heavy (non-hydrogen) atoms. The van der Waals surface area contributed by atoms with Gasteiger partial charge in [0.25, 0.3) is 10.0 Å². The minimum Gasteiger partial charge on any atom is -0.454 e. The van der Waals surface area contributed by atoms with Crippen LogP contribution >= 0.6 is 11.6 Å². The summed E-state index contributed by atoms with van der Waals surface area (Å²) in [6, 6.07) is 7.74. The lowest BCUT2D eigenvalue weighted by Gasteiger charge is -2.09. The molecule has 0 amide bonds. The van der Waals surface area contributed by atoms with Crippen molar-refractivity contribution in [3.8, 4) is 11.5 Å². The van der Waals surface area contributed by atoms with Gasteiger partial charge in [-0.15, -0.1) is 0 Å². The fourth-order valence-electron chi connectivity index (χ4n) is 1.82. The maximum Gasteiger partial charge on any atom is 0.262 e. The Balaban J connectivity index is 1.95. The summed E-state index contributed by atoms with van der Waals surface area (Å²) in [6.45, 7) is 0.0369. The van der Waals surface area contributed by atoms with Gasteiger partial charge >= 0.3 is 0 Å². The Bertz CT molecular complexity index is 810. The van der Waals surface area contributed by atoms with E-state index in [1.54, 1.807) is 0 Å². The van der Waals surface area contributed by atoms with E-state index < -0.39 is 15.8 Å². The van der Waals surface area contributed by atoms with E-state index in [0.29, 0.717) is 11.5 Å². The Morgan fingerprint density at radius 3 is 2.67 bits per heavy atom. The molecule has 3 rings (SSSR count). The average Bonchev–Trinajstić information content (AvgIpc) is 2.90. The summed E-state index contributed by atoms with van der Waals surface area (Å²) in [7, 11) is -3.96. The smallest absolute Gasteiger partial charge is 0.262 e. The largest absolute Gasteiger partial charge is 0.454 e. The Morgan fingerprint density at radius 2 is 1.86 bits per heavy atom. The molecule has 0 radical (unpaired) electrons. The topological polar surface area (TPSA) is 64.6 Å². The van der Waals surface area contributed by atoms with Gasteiger partial charge < -0.3 is 9.47 Å². The van der Waals surface area contributed by atoms with Crippen LogP contribution < -0.4 is 14.2 Å². The van der Waals surface area contributed by atoms with E-state index in [0.717, 1.165) is 6.07 Å². The van der Waals surface area contributed by atoms with Crippen LogP contribution in [-0.4, -0.2) is 15.2 Å². The molecule has 0 bridgehead atoms. The second-order valence-corrected chi connectivity index (χ2v) is 6.36. The number of benzene rings is 2. The van der Waals surface area contributed by atoms with E-state index in [1.165, 1.54) is 30.3 Å². The zero-order chi connectivity index (χ0) is 15.0. The van der Waals surface area contributed by atoms with Crippen LogP contribution in [0.15, 0.2) is 41.3 Å². The maximum atomic E-state index is 13.6. The first-order valence-electron chi connectivity index (χ1n) is 5.83. The summed E-state index contributed by atoms with van der Waals surface area (Å²) in [5, 5.41) is 0.222. The number of anilines is 1. The van der Waals surface area contributed by atoms with Crippen molar-refractivity contribution in [2.24, 2.45) is 0 Å². The van der Waals surface area contributed by atoms with Gasteiger partial charge in [0.05, 0.1) is 10.6 Å². The number of ether oxygens (including phenoxy) is 2. The van der Waals surface area contributed by atoms with Crippen LogP contribution in [0.3, 0.4) is 0 Å². The first-order valence-corrected chi connectivity index (χ1v) is 7.69. The van der Waals surface area contributed by atoms with Crippen LogP contribution in [0, 0.1) is 5.82 Å². The zero-order valence-corrected chi connectivity index (χ0v) is 12.0. The highest BCUT2D eigenvalue weighted by molar-refractivity contribution is 7.92. The number of sulfonamides is 1. The van der Waals surface area contributed by atoms with Gasteiger partial charge in [0, 0.05) is 11.1 Å². The molecule has 2 aromatic carbocycles. The van der Waals surface area contributed by atoms with Gasteiger partial charge in [0.1, 0.15) is 5.82 Å². The van der Waals surface area contributed by atoms with E-state index >= 15 is 0 Å². The molecule has 0 fully saturated rings. The van der Waals surface area contributed by atoms with E-state index in [9.17, 15) is 12.8 Å². The average molecular weight is 330 g/mol. The SMILES string of the molecule is O=S(=O)(Nc1cc(Cl)ccc1F)c1ccc2c(c1)OCO2. The van der Waals surface area contributed by atoms with Gasteiger partial charge in [-0.05, 0) is 30.3 Å². The Morgan fingerprint density at radius 1 is 1.10 bits per heavy atom. The van der Waals surface area contributed by atoms with E-state index in [2.05, 4.69) is 4.72 Å². The van der Waals surface area contributed by atoms with Crippen molar-refractivity contribution in [2.75, 3.05) is 11.5 Å². The van der Waals surface area contributed by atoms with Gasteiger partial charge in [-0.3, -0.25) is 4.72 Å². The molecule has 0 unspecified atom stereocenters. The highest BCUT2D eigenvalue weighted by Gasteiger charge is 2.21. The van der Waals surface area contributed by atoms with E-state index in [4.69, 9.17) is 21.1 Å². The fourth-order valence-corrected chi connectivity index (χ4v) is 3.07. The Labute approximate surface area is 125 Å². The lowest BCUT2D eigenvalue weighted by atomic mass is 10.3. The van der Waals surface area contributed by atoms with Gasteiger partial charge in [-0.25, -0.2) is 12.8 Å². The standard InChI is InChI=1S/C13H9ClFNO4S/c14-8-1-3-10(15)11(5-8)16-21(17,18)9-2-4-12-13(6-9)20-7-19-12/h1-6,16H,7H2. The number of hydrogen-bond donors (Lipinski definition) is 1. The van der Waals surface area contributed by atoms with Crippen molar-refractivity contribution in [1.29, 1.82) is 0 Å². The molecular formula is C13H9ClFNO4S. The van der Waals surface area contributed by atoms with Crippen LogP contribution in [0.25, 0.3) is 0 Å². The number of rotatable bonds is 3. The molecule has 1 N–H and O–H groups in total. The van der Waals surface area contributed by atoms with Gasteiger partial charge in [0.2, 0.25) is 6.79 Å². The molecule has 8 heteroatoms. The number of nitrogens with one attached hydrogen (secondary N) is 1. The summed E-state index contributed by atoms with van der Waals surface area (Å²) in [5.74, 6) is 0.0658. The minimum atomic E-state index is -3.96. The quantitative estimate of drug-likeness (QED) is 0.940. The summed E-state index contributed by atoms with van der Waals surface area (Å²) in [5.41, 5.74) is -0.222. The van der Waals surface area contributed by atoms with Crippen LogP contribution in [0.1, 0.15) is 0 Å². The molecule has 110 valence electrons. The number of hydrogen-bond acceptors (Lipinski definition) is 4. The summed E-state index contributed by atoms with van der Waals surface area (Å²) >= 11 is 5.73. The Kier molecular flexibility index (Phi) is 3.38. The lowest BCUT2D eigenvalue weighted by molar-refractivity contribution is 0.174. The normalized spacial score (nSPS) is 13.2. The zero-order valence-electron chi connectivity index (χ0n) is 10.5. The van der Waals surface area contributed by atoms with Crippen molar-refractivity contribution in [3.63, 3.8) is 0 Å². The maximum absolute atomic E-state index is 13.6. The third-order valence-electron chi connectivity index (χ3n) is 2.83. The first-order chi connectivity index (χ1) is 9.95. The monoisotopic (exact) mass is 329 g/mol. The molecule has 0 aliphatic carbocycles. The number of halogens is 2. The van der Waals surface area contributed by atoms with Crippen molar-refractivity contribution in [3.05, 3.63) is 47.2 Å². The predicted molar refractivity (Wildman–Crippen MR) is 74.8 cm³/mol.